The van der Waals surface area contributed by atoms with Gasteiger partial charge in [0.1, 0.15) is 0 Å². The van der Waals surface area contributed by atoms with Crippen molar-refractivity contribution >= 4 is 0 Å². The summed E-state index contributed by atoms with van der Waals surface area (Å²) in [4.78, 5) is 0. The molecule has 1 saturated carbocycles. The van der Waals surface area contributed by atoms with Gasteiger partial charge in [0.25, 0.3) is 0 Å². The van der Waals surface area contributed by atoms with Crippen LogP contribution in [0.4, 0.5) is 0 Å². The van der Waals surface area contributed by atoms with E-state index in [1.165, 1.54) is 19.3 Å². The maximum atomic E-state index is 5.55. The quantitative estimate of drug-likeness (QED) is 0.552. The van der Waals surface area contributed by atoms with Crippen LogP contribution in [-0.2, 0) is 4.74 Å². The molecule has 3 atom stereocenters. The van der Waals surface area contributed by atoms with Crippen molar-refractivity contribution in [1.29, 1.82) is 0 Å². The highest BCUT2D eigenvalue weighted by Gasteiger charge is 2.29. The summed E-state index contributed by atoms with van der Waals surface area (Å²) in [6.45, 7) is 15.4. The fraction of sp³-hybridized carbons (Fsp3) is 0.875. The van der Waals surface area contributed by atoms with Crippen molar-refractivity contribution in [3.8, 4) is 0 Å². The van der Waals surface area contributed by atoms with E-state index in [4.69, 9.17) is 4.74 Å². The van der Waals surface area contributed by atoms with E-state index >= 15 is 0 Å². The minimum absolute atomic E-state index is 0.683. The van der Waals surface area contributed by atoms with Crippen LogP contribution in [-0.4, -0.2) is 25.8 Å². The molecular weight excluding hydrogens is 222 g/mol. The van der Waals surface area contributed by atoms with Gasteiger partial charge in [-0.05, 0) is 37.5 Å². The van der Waals surface area contributed by atoms with E-state index in [1.54, 1.807) is 0 Å². The van der Waals surface area contributed by atoms with Gasteiger partial charge < -0.3 is 10.1 Å². The van der Waals surface area contributed by atoms with Crippen LogP contribution in [0.5, 0.6) is 0 Å². The van der Waals surface area contributed by atoms with Gasteiger partial charge in [0.2, 0.25) is 0 Å². The average molecular weight is 253 g/mol. The van der Waals surface area contributed by atoms with Gasteiger partial charge in [-0.1, -0.05) is 39.3 Å². The molecule has 1 rings (SSSR count). The largest absolute Gasteiger partial charge is 0.376 e. The third-order valence-corrected chi connectivity index (χ3v) is 4.02. The van der Waals surface area contributed by atoms with Crippen molar-refractivity contribution in [1.82, 2.24) is 5.32 Å². The Hall–Kier alpha value is -0.340. The molecule has 0 radical (unpaired) electrons. The van der Waals surface area contributed by atoms with Crippen molar-refractivity contribution in [2.45, 2.75) is 53.0 Å². The van der Waals surface area contributed by atoms with Gasteiger partial charge in [0.05, 0.1) is 13.2 Å². The Morgan fingerprint density at radius 1 is 1.39 bits per heavy atom. The van der Waals surface area contributed by atoms with Gasteiger partial charge in [-0.2, -0.15) is 0 Å². The minimum Gasteiger partial charge on any atom is -0.376 e. The lowest BCUT2D eigenvalue weighted by Gasteiger charge is -2.38. The number of nitrogens with one attached hydrogen (secondary N) is 1. The van der Waals surface area contributed by atoms with E-state index in [9.17, 15) is 0 Å². The molecule has 0 spiro atoms. The third-order valence-electron chi connectivity index (χ3n) is 4.02. The lowest BCUT2D eigenvalue weighted by atomic mass is 9.74. The minimum atomic E-state index is 0.683. The van der Waals surface area contributed by atoms with Crippen LogP contribution < -0.4 is 5.32 Å². The normalized spacial score (nSPS) is 28.6. The SMILES string of the molecule is C=C(C)COCCNC1CC(C)CCC1C(C)C. The first-order chi connectivity index (χ1) is 8.50. The van der Waals surface area contributed by atoms with Crippen LogP contribution in [0, 0.1) is 17.8 Å². The fourth-order valence-corrected chi connectivity index (χ4v) is 3.00. The number of hydrogen-bond donors (Lipinski definition) is 1. The molecule has 106 valence electrons. The monoisotopic (exact) mass is 253 g/mol. The highest BCUT2D eigenvalue weighted by Crippen LogP contribution is 2.33. The Balaban J connectivity index is 2.26. The average Bonchev–Trinajstić information content (AvgIpc) is 2.27. The molecule has 0 heterocycles. The third kappa shape index (κ3) is 5.53. The van der Waals surface area contributed by atoms with Gasteiger partial charge >= 0.3 is 0 Å². The first kappa shape index (κ1) is 15.7. The highest BCUT2D eigenvalue weighted by atomic mass is 16.5. The van der Waals surface area contributed by atoms with E-state index in [0.717, 1.165) is 36.5 Å². The molecular formula is C16H31NO. The summed E-state index contributed by atoms with van der Waals surface area (Å²) in [5.41, 5.74) is 1.10. The van der Waals surface area contributed by atoms with Crippen LogP contribution in [0.3, 0.4) is 0 Å². The molecule has 1 aliphatic carbocycles. The second-order valence-corrected chi connectivity index (χ2v) is 6.40. The van der Waals surface area contributed by atoms with Crippen LogP contribution in [0.2, 0.25) is 0 Å². The molecule has 0 aliphatic heterocycles. The summed E-state index contributed by atoms with van der Waals surface area (Å²) in [6, 6.07) is 0.683. The van der Waals surface area contributed by atoms with Gasteiger partial charge in [0.15, 0.2) is 0 Å². The van der Waals surface area contributed by atoms with Crippen LogP contribution in [0.25, 0.3) is 0 Å². The maximum Gasteiger partial charge on any atom is 0.0672 e. The van der Waals surface area contributed by atoms with E-state index < -0.39 is 0 Å². The lowest BCUT2D eigenvalue weighted by molar-refractivity contribution is 0.131. The zero-order valence-corrected chi connectivity index (χ0v) is 12.7. The highest BCUT2D eigenvalue weighted by molar-refractivity contribution is 4.88. The molecule has 2 heteroatoms. The molecule has 0 aromatic carbocycles. The Morgan fingerprint density at radius 3 is 2.72 bits per heavy atom. The van der Waals surface area contributed by atoms with E-state index in [-0.39, 0.29) is 0 Å². The summed E-state index contributed by atoms with van der Waals surface area (Å²) in [6.07, 6.45) is 4.10. The first-order valence-corrected chi connectivity index (χ1v) is 7.46. The molecule has 0 aromatic heterocycles. The van der Waals surface area contributed by atoms with Gasteiger partial charge in [0, 0.05) is 12.6 Å². The van der Waals surface area contributed by atoms with Gasteiger partial charge in [-0.25, -0.2) is 0 Å². The fourth-order valence-electron chi connectivity index (χ4n) is 3.00. The zero-order chi connectivity index (χ0) is 13.5. The smallest absolute Gasteiger partial charge is 0.0672 e. The Kier molecular flexibility index (Phi) is 6.95. The second kappa shape index (κ2) is 7.96. The molecule has 0 aromatic rings. The standard InChI is InChI=1S/C16H31NO/c1-12(2)11-18-9-8-17-16-10-14(5)6-7-15(16)13(3)4/h13-17H,1,6-11H2,2-5H3. The first-order valence-electron chi connectivity index (χ1n) is 7.46. The molecule has 1 N–H and O–H groups in total. The zero-order valence-electron chi connectivity index (χ0n) is 12.7. The van der Waals surface area contributed by atoms with Crippen molar-refractivity contribution in [3.05, 3.63) is 12.2 Å². The summed E-state index contributed by atoms with van der Waals surface area (Å²) in [7, 11) is 0. The maximum absolute atomic E-state index is 5.55. The predicted molar refractivity (Wildman–Crippen MR) is 78.8 cm³/mol. The molecule has 0 bridgehead atoms. The molecule has 2 nitrogen and oxygen atoms in total. The van der Waals surface area contributed by atoms with Gasteiger partial charge in [-0.3, -0.25) is 0 Å². The van der Waals surface area contributed by atoms with Crippen molar-refractivity contribution < 1.29 is 4.74 Å². The van der Waals surface area contributed by atoms with Crippen molar-refractivity contribution in [3.63, 3.8) is 0 Å². The van der Waals surface area contributed by atoms with Crippen molar-refractivity contribution in [2.75, 3.05) is 19.8 Å². The Morgan fingerprint density at radius 2 is 2.11 bits per heavy atom. The number of hydrogen-bond acceptors (Lipinski definition) is 2. The molecule has 1 aliphatic rings. The lowest BCUT2D eigenvalue weighted by Crippen LogP contribution is -2.44. The Labute approximate surface area is 113 Å². The molecule has 0 amide bonds. The van der Waals surface area contributed by atoms with E-state index in [1.807, 2.05) is 6.92 Å². The predicted octanol–water partition coefficient (Wildman–Crippen LogP) is 3.63. The topological polar surface area (TPSA) is 21.3 Å². The van der Waals surface area contributed by atoms with E-state index in [0.29, 0.717) is 12.6 Å². The summed E-state index contributed by atoms with van der Waals surface area (Å²) in [5, 5.41) is 3.70. The van der Waals surface area contributed by atoms with Gasteiger partial charge in [-0.15, -0.1) is 0 Å². The van der Waals surface area contributed by atoms with Crippen molar-refractivity contribution in [2.24, 2.45) is 17.8 Å². The molecule has 0 saturated heterocycles. The van der Waals surface area contributed by atoms with Crippen LogP contribution in [0.15, 0.2) is 12.2 Å². The molecule has 1 fully saturated rings. The van der Waals surface area contributed by atoms with E-state index in [2.05, 4.69) is 32.7 Å². The summed E-state index contributed by atoms with van der Waals surface area (Å²) >= 11 is 0. The summed E-state index contributed by atoms with van der Waals surface area (Å²) < 4.78 is 5.55. The number of rotatable bonds is 7. The summed E-state index contributed by atoms with van der Waals surface area (Å²) in [5.74, 6) is 2.49. The van der Waals surface area contributed by atoms with Crippen LogP contribution >= 0.6 is 0 Å². The van der Waals surface area contributed by atoms with Crippen LogP contribution in [0.1, 0.15) is 47.0 Å². The number of ether oxygens (including phenoxy) is 1. The second-order valence-electron chi connectivity index (χ2n) is 6.40. The molecule has 3 unspecified atom stereocenters. The molecule has 18 heavy (non-hydrogen) atoms. The Bertz CT molecular complexity index is 249.